The lowest BCUT2D eigenvalue weighted by Gasteiger charge is -2.19. The molecule has 122 valence electrons. The SMILES string of the molecule is CCOC(=O)C1=C(C)N(Cc2ccccc2)C(=O)[C@H]1CC(=O)O. The van der Waals surface area contributed by atoms with Gasteiger partial charge in [0.1, 0.15) is 0 Å². The molecule has 0 saturated carbocycles. The molecule has 0 spiro atoms. The molecular formula is C17H19NO5. The lowest BCUT2D eigenvalue weighted by atomic mass is 9.97. The maximum absolute atomic E-state index is 12.6. The van der Waals surface area contributed by atoms with Crippen LogP contribution < -0.4 is 0 Å². The highest BCUT2D eigenvalue weighted by Gasteiger charge is 2.42. The summed E-state index contributed by atoms with van der Waals surface area (Å²) in [7, 11) is 0. The van der Waals surface area contributed by atoms with Gasteiger partial charge in [0.25, 0.3) is 0 Å². The Kier molecular flexibility index (Phi) is 5.16. The fourth-order valence-electron chi connectivity index (χ4n) is 2.70. The topological polar surface area (TPSA) is 83.9 Å². The molecule has 0 aromatic heterocycles. The average molecular weight is 317 g/mol. The van der Waals surface area contributed by atoms with Crippen LogP contribution in [-0.4, -0.2) is 34.5 Å². The van der Waals surface area contributed by atoms with Crippen molar-refractivity contribution in [2.24, 2.45) is 5.92 Å². The molecule has 1 N–H and O–H groups in total. The Balaban J connectivity index is 2.34. The Morgan fingerprint density at radius 1 is 1.26 bits per heavy atom. The Morgan fingerprint density at radius 3 is 2.48 bits per heavy atom. The average Bonchev–Trinajstić information content (AvgIpc) is 2.73. The van der Waals surface area contributed by atoms with E-state index in [0.717, 1.165) is 5.56 Å². The number of hydrogen-bond donors (Lipinski definition) is 1. The highest BCUT2D eigenvalue weighted by atomic mass is 16.5. The molecule has 1 atom stereocenters. The molecule has 2 rings (SSSR count). The zero-order chi connectivity index (χ0) is 17.0. The largest absolute Gasteiger partial charge is 0.481 e. The van der Waals surface area contributed by atoms with Crippen LogP contribution in [0.5, 0.6) is 0 Å². The summed E-state index contributed by atoms with van der Waals surface area (Å²) in [5.41, 5.74) is 1.51. The van der Waals surface area contributed by atoms with E-state index in [1.807, 2.05) is 30.3 Å². The predicted octanol–water partition coefficient (Wildman–Crippen LogP) is 1.96. The standard InChI is InChI=1S/C17H19NO5/c1-3-23-17(22)15-11(2)18(10-12-7-5-4-6-8-12)16(21)13(15)9-14(19)20/h4-8,13H,3,9-10H2,1-2H3,(H,19,20)/t13-/m0/s1. The molecule has 1 aliphatic heterocycles. The number of rotatable bonds is 6. The first-order chi connectivity index (χ1) is 11.0. The van der Waals surface area contributed by atoms with Crippen molar-refractivity contribution in [3.05, 3.63) is 47.2 Å². The highest BCUT2D eigenvalue weighted by molar-refractivity contribution is 6.03. The zero-order valence-corrected chi connectivity index (χ0v) is 13.1. The molecule has 23 heavy (non-hydrogen) atoms. The summed E-state index contributed by atoms with van der Waals surface area (Å²) in [4.78, 5) is 37.2. The number of carboxylic acids is 1. The van der Waals surface area contributed by atoms with Gasteiger partial charge in [-0.2, -0.15) is 0 Å². The number of carbonyl (C=O) groups is 3. The zero-order valence-electron chi connectivity index (χ0n) is 13.1. The van der Waals surface area contributed by atoms with Crippen LogP contribution in [0.4, 0.5) is 0 Å². The van der Waals surface area contributed by atoms with E-state index in [4.69, 9.17) is 9.84 Å². The van der Waals surface area contributed by atoms with E-state index in [1.54, 1.807) is 13.8 Å². The highest BCUT2D eigenvalue weighted by Crippen LogP contribution is 2.34. The molecule has 1 aromatic rings. The first kappa shape index (κ1) is 16.7. The van der Waals surface area contributed by atoms with Crippen LogP contribution in [0.2, 0.25) is 0 Å². The smallest absolute Gasteiger partial charge is 0.336 e. The molecule has 0 bridgehead atoms. The van der Waals surface area contributed by atoms with E-state index in [2.05, 4.69) is 0 Å². The van der Waals surface area contributed by atoms with E-state index in [-0.39, 0.29) is 18.1 Å². The molecule has 1 heterocycles. The van der Waals surface area contributed by atoms with E-state index in [1.165, 1.54) is 4.90 Å². The summed E-state index contributed by atoms with van der Waals surface area (Å²) in [5, 5.41) is 9.04. The summed E-state index contributed by atoms with van der Waals surface area (Å²) in [6.45, 7) is 3.78. The molecule has 0 unspecified atom stereocenters. The summed E-state index contributed by atoms with van der Waals surface area (Å²) in [6.07, 6.45) is -0.421. The molecule has 0 radical (unpaired) electrons. The number of hydrogen-bond acceptors (Lipinski definition) is 4. The number of carbonyl (C=O) groups excluding carboxylic acids is 2. The van der Waals surface area contributed by atoms with Gasteiger partial charge in [-0.1, -0.05) is 30.3 Å². The first-order valence-corrected chi connectivity index (χ1v) is 7.40. The second-order valence-corrected chi connectivity index (χ2v) is 5.28. The van der Waals surface area contributed by atoms with E-state index in [0.29, 0.717) is 12.2 Å². The molecule has 0 saturated heterocycles. The van der Waals surface area contributed by atoms with Crippen molar-refractivity contribution in [3.8, 4) is 0 Å². The number of esters is 1. The van der Waals surface area contributed by atoms with Crippen molar-refractivity contribution < 1.29 is 24.2 Å². The van der Waals surface area contributed by atoms with Crippen LogP contribution in [0, 0.1) is 5.92 Å². The predicted molar refractivity (Wildman–Crippen MR) is 82.1 cm³/mol. The molecule has 1 aromatic carbocycles. The van der Waals surface area contributed by atoms with Gasteiger partial charge in [0.2, 0.25) is 5.91 Å². The van der Waals surface area contributed by atoms with Gasteiger partial charge in [0.15, 0.2) is 0 Å². The summed E-state index contributed by atoms with van der Waals surface area (Å²) >= 11 is 0. The van der Waals surface area contributed by atoms with Gasteiger partial charge in [-0.25, -0.2) is 4.79 Å². The van der Waals surface area contributed by atoms with Crippen molar-refractivity contribution in [3.63, 3.8) is 0 Å². The normalized spacial score (nSPS) is 17.6. The van der Waals surface area contributed by atoms with Crippen LogP contribution in [0.15, 0.2) is 41.6 Å². The maximum atomic E-state index is 12.6. The van der Waals surface area contributed by atoms with Crippen molar-refractivity contribution in [2.75, 3.05) is 6.61 Å². The lowest BCUT2D eigenvalue weighted by molar-refractivity contribution is -0.144. The summed E-state index contributed by atoms with van der Waals surface area (Å²) < 4.78 is 4.99. The third-order valence-electron chi connectivity index (χ3n) is 3.76. The monoisotopic (exact) mass is 317 g/mol. The molecule has 6 heteroatoms. The second-order valence-electron chi connectivity index (χ2n) is 5.28. The van der Waals surface area contributed by atoms with Gasteiger partial charge >= 0.3 is 11.9 Å². The van der Waals surface area contributed by atoms with Crippen LogP contribution in [0.25, 0.3) is 0 Å². The number of carboxylic acid groups (broad SMARTS) is 1. The lowest BCUT2D eigenvalue weighted by Crippen LogP contribution is -2.29. The van der Waals surface area contributed by atoms with E-state index >= 15 is 0 Å². The number of allylic oxidation sites excluding steroid dienone is 1. The molecule has 1 aliphatic rings. The third kappa shape index (κ3) is 3.59. The minimum Gasteiger partial charge on any atom is -0.481 e. The van der Waals surface area contributed by atoms with Crippen molar-refractivity contribution in [2.45, 2.75) is 26.8 Å². The Bertz CT molecular complexity index is 650. The van der Waals surface area contributed by atoms with Gasteiger partial charge < -0.3 is 14.7 Å². The van der Waals surface area contributed by atoms with Gasteiger partial charge in [-0.3, -0.25) is 9.59 Å². The van der Waals surface area contributed by atoms with Crippen molar-refractivity contribution in [1.29, 1.82) is 0 Å². The molecular weight excluding hydrogens is 298 g/mol. The number of aliphatic carboxylic acids is 1. The minimum atomic E-state index is -1.13. The molecule has 0 aliphatic carbocycles. The van der Waals surface area contributed by atoms with Crippen LogP contribution in [0.3, 0.4) is 0 Å². The van der Waals surface area contributed by atoms with Crippen molar-refractivity contribution >= 4 is 17.8 Å². The second kappa shape index (κ2) is 7.09. The fraction of sp³-hybridized carbons (Fsp3) is 0.353. The number of benzene rings is 1. The number of amides is 1. The van der Waals surface area contributed by atoms with Gasteiger partial charge in [0.05, 0.1) is 31.1 Å². The van der Waals surface area contributed by atoms with Crippen LogP contribution in [0.1, 0.15) is 25.8 Å². The number of nitrogens with zero attached hydrogens (tertiary/aromatic N) is 1. The van der Waals surface area contributed by atoms with Gasteiger partial charge in [-0.15, -0.1) is 0 Å². The van der Waals surface area contributed by atoms with Crippen LogP contribution >= 0.6 is 0 Å². The molecule has 1 amide bonds. The Hall–Kier alpha value is -2.63. The summed E-state index contributed by atoms with van der Waals surface area (Å²) in [6, 6.07) is 9.32. The Morgan fingerprint density at radius 2 is 1.91 bits per heavy atom. The summed E-state index contributed by atoms with van der Waals surface area (Å²) in [5.74, 6) is -3.12. The van der Waals surface area contributed by atoms with Gasteiger partial charge in [0, 0.05) is 5.70 Å². The van der Waals surface area contributed by atoms with E-state index < -0.39 is 24.3 Å². The third-order valence-corrected chi connectivity index (χ3v) is 3.76. The fourth-order valence-corrected chi connectivity index (χ4v) is 2.70. The first-order valence-electron chi connectivity index (χ1n) is 7.40. The number of ether oxygens (including phenoxy) is 1. The van der Waals surface area contributed by atoms with Gasteiger partial charge in [-0.05, 0) is 19.4 Å². The minimum absolute atomic E-state index is 0.148. The maximum Gasteiger partial charge on any atom is 0.336 e. The molecule has 6 nitrogen and oxygen atoms in total. The molecule has 0 fully saturated rings. The van der Waals surface area contributed by atoms with Crippen LogP contribution in [-0.2, 0) is 25.7 Å². The quantitative estimate of drug-likeness (QED) is 0.811. The van der Waals surface area contributed by atoms with Crippen molar-refractivity contribution in [1.82, 2.24) is 4.90 Å². The Labute approximate surface area is 134 Å². The van der Waals surface area contributed by atoms with E-state index in [9.17, 15) is 14.4 Å².